The molecule has 116 valence electrons. The maximum atomic E-state index is 12.3. The van der Waals surface area contributed by atoms with Gasteiger partial charge in [-0.1, -0.05) is 18.2 Å². The molecule has 21 heavy (non-hydrogen) atoms. The number of sulfonamides is 1. The number of hydrogen-bond acceptors (Lipinski definition) is 3. The molecule has 0 radical (unpaired) electrons. The van der Waals surface area contributed by atoms with Crippen molar-refractivity contribution in [3.63, 3.8) is 0 Å². The zero-order chi connectivity index (χ0) is 15.5. The third-order valence-electron chi connectivity index (χ3n) is 3.92. The summed E-state index contributed by atoms with van der Waals surface area (Å²) >= 11 is 0. The fourth-order valence-corrected chi connectivity index (χ4v) is 3.72. The first kappa shape index (κ1) is 16.0. The molecule has 1 aromatic rings. The van der Waals surface area contributed by atoms with Crippen LogP contribution >= 0.6 is 0 Å². The van der Waals surface area contributed by atoms with E-state index in [0.717, 1.165) is 24.1 Å². The highest BCUT2D eigenvalue weighted by Crippen LogP contribution is 2.22. The third kappa shape index (κ3) is 3.83. The molecule has 0 bridgehead atoms. The van der Waals surface area contributed by atoms with E-state index in [1.165, 1.54) is 4.31 Å². The van der Waals surface area contributed by atoms with Gasteiger partial charge in [-0.25, -0.2) is 12.7 Å². The molecule has 1 N–H and O–H groups in total. The number of para-hydroxylation sites is 1. The highest BCUT2D eigenvalue weighted by Gasteiger charge is 2.31. The van der Waals surface area contributed by atoms with Crippen LogP contribution in [0.1, 0.15) is 25.3 Å². The Morgan fingerprint density at radius 1 is 1.38 bits per heavy atom. The second-order valence-electron chi connectivity index (χ2n) is 5.40. The van der Waals surface area contributed by atoms with Crippen molar-refractivity contribution >= 4 is 21.6 Å². The SMILES string of the molecule is CCS(=O)(=O)N1CCC[C@@H](C(=O)Nc2ccccc2C)C1. The van der Waals surface area contributed by atoms with Crippen molar-refractivity contribution in [1.82, 2.24) is 4.31 Å². The predicted molar refractivity (Wildman–Crippen MR) is 83.6 cm³/mol. The Morgan fingerprint density at radius 2 is 2.10 bits per heavy atom. The molecular weight excluding hydrogens is 288 g/mol. The van der Waals surface area contributed by atoms with Gasteiger partial charge in [0.05, 0.1) is 11.7 Å². The number of nitrogens with zero attached hydrogens (tertiary/aromatic N) is 1. The maximum absolute atomic E-state index is 12.3. The molecule has 0 aliphatic carbocycles. The number of piperidine rings is 1. The lowest BCUT2D eigenvalue weighted by Crippen LogP contribution is -2.44. The van der Waals surface area contributed by atoms with E-state index in [1.807, 2.05) is 31.2 Å². The Labute approximate surface area is 126 Å². The number of nitrogens with one attached hydrogen (secondary N) is 1. The van der Waals surface area contributed by atoms with Crippen molar-refractivity contribution in [2.75, 3.05) is 24.2 Å². The van der Waals surface area contributed by atoms with Gasteiger partial charge in [-0.15, -0.1) is 0 Å². The highest BCUT2D eigenvalue weighted by molar-refractivity contribution is 7.89. The zero-order valence-electron chi connectivity index (χ0n) is 12.5. The van der Waals surface area contributed by atoms with Gasteiger partial charge in [-0.2, -0.15) is 0 Å². The van der Waals surface area contributed by atoms with Gasteiger partial charge in [-0.05, 0) is 38.3 Å². The monoisotopic (exact) mass is 310 g/mol. The molecule has 0 spiro atoms. The summed E-state index contributed by atoms with van der Waals surface area (Å²) in [5, 5.41) is 2.91. The summed E-state index contributed by atoms with van der Waals surface area (Å²) in [6.45, 7) is 4.37. The fourth-order valence-electron chi connectivity index (χ4n) is 2.54. The lowest BCUT2D eigenvalue weighted by atomic mass is 9.98. The first-order valence-electron chi connectivity index (χ1n) is 7.28. The minimum Gasteiger partial charge on any atom is -0.326 e. The summed E-state index contributed by atoms with van der Waals surface area (Å²) in [5.74, 6) is -0.293. The van der Waals surface area contributed by atoms with Gasteiger partial charge >= 0.3 is 0 Å². The van der Waals surface area contributed by atoms with Crippen molar-refractivity contribution in [3.05, 3.63) is 29.8 Å². The van der Waals surface area contributed by atoms with Crippen molar-refractivity contribution in [2.24, 2.45) is 5.92 Å². The molecule has 2 rings (SSSR count). The normalized spacial score (nSPS) is 20.2. The first-order chi connectivity index (χ1) is 9.94. The standard InChI is InChI=1S/C15H22N2O3S/c1-3-21(19,20)17-10-6-8-13(11-17)15(18)16-14-9-5-4-7-12(14)2/h4-5,7,9,13H,3,6,8,10-11H2,1-2H3,(H,16,18)/t13-/m1/s1. The molecule has 5 nitrogen and oxygen atoms in total. The molecule has 1 fully saturated rings. The van der Waals surface area contributed by atoms with Crippen molar-refractivity contribution in [2.45, 2.75) is 26.7 Å². The Hall–Kier alpha value is -1.40. The molecule has 1 aromatic carbocycles. The van der Waals surface area contributed by atoms with Crippen LogP contribution in [0.15, 0.2) is 24.3 Å². The average molecular weight is 310 g/mol. The predicted octanol–water partition coefficient (Wildman–Crippen LogP) is 2.00. The lowest BCUT2D eigenvalue weighted by molar-refractivity contribution is -0.120. The van der Waals surface area contributed by atoms with Gasteiger partial charge in [0.1, 0.15) is 0 Å². The molecule has 0 aromatic heterocycles. The molecule has 0 unspecified atom stereocenters. The maximum Gasteiger partial charge on any atom is 0.228 e. The zero-order valence-corrected chi connectivity index (χ0v) is 13.3. The van der Waals surface area contributed by atoms with Gasteiger partial charge in [0, 0.05) is 18.8 Å². The van der Waals surface area contributed by atoms with Crippen LogP contribution in [-0.4, -0.2) is 37.5 Å². The summed E-state index contributed by atoms with van der Waals surface area (Å²) in [4.78, 5) is 12.3. The van der Waals surface area contributed by atoms with Crippen molar-refractivity contribution in [1.29, 1.82) is 0 Å². The van der Waals surface area contributed by atoms with Crippen LogP contribution in [0.3, 0.4) is 0 Å². The minimum absolute atomic E-state index is 0.0825. The van der Waals surface area contributed by atoms with Crippen molar-refractivity contribution in [3.8, 4) is 0 Å². The van der Waals surface area contributed by atoms with Crippen LogP contribution in [0.5, 0.6) is 0 Å². The van der Waals surface area contributed by atoms with Gasteiger partial charge in [-0.3, -0.25) is 4.79 Å². The van der Waals surface area contributed by atoms with Gasteiger partial charge in [0.25, 0.3) is 0 Å². The largest absolute Gasteiger partial charge is 0.326 e. The third-order valence-corrected chi connectivity index (χ3v) is 5.76. The van der Waals surface area contributed by atoms with Crippen LogP contribution in [-0.2, 0) is 14.8 Å². The van der Waals surface area contributed by atoms with Crippen LogP contribution in [0.4, 0.5) is 5.69 Å². The quantitative estimate of drug-likeness (QED) is 0.925. The summed E-state index contributed by atoms with van der Waals surface area (Å²) in [6, 6.07) is 7.58. The van der Waals surface area contributed by atoms with Crippen LogP contribution in [0.2, 0.25) is 0 Å². The Balaban J connectivity index is 2.05. The summed E-state index contributed by atoms with van der Waals surface area (Å²) in [7, 11) is -3.22. The van der Waals surface area contributed by atoms with Gasteiger partial charge in [0.2, 0.25) is 15.9 Å². The molecule has 1 aliphatic heterocycles. The van der Waals surface area contributed by atoms with E-state index in [-0.39, 0.29) is 24.1 Å². The fraction of sp³-hybridized carbons (Fsp3) is 0.533. The average Bonchev–Trinajstić information content (AvgIpc) is 2.49. The minimum atomic E-state index is -3.22. The highest BCUT2D eigenvalue weighted by atomic mass is 32.2. The first-order valence-corrected chi connectivity index (χ1v) is 8.89. The number of amides is 1. The number of hydrogen-bond donors (Lipinski definition) is 1. The topological polar surface area (TPSA) is 66.5 Å². The molecule has 1 atom stereocenters. The number of aryl methyl sites for hydroxylation is 1. The van der Waals surface area contributed by atoms with E-state index in [2.05, 4.69) is 5.32 Å². The molecule has 6 heteroatoms. The smallest absolute Gasteiger partial charge is 0.228 e. The van der Waals surface area contributed by atoms with Crippen LogP contribution in [0.25, 0.3) is 0 Å². The second kappa shape index (κ2) is 6.58. The number of benzene rings is 1. The molecule has 1 saturated heterocycles. The van der Waals surface area contributed by atoms with Crippen LogP contribution < -0.4 is 5.32 Å². The van der Waals surface area contributed by atoms with E-state index >= 15 is 0 Å². The van der Waals surface area contributed by atoms with E-state index in [1.54, 1.807) is 6.92 Å². The van der Waals surface area contributed by atoms with E-state index < -0.39 is 10.0 Å². The number of carbonyl (C=O) groups excluding carboxylic acids is 1. The van der Waals surface area contributed by atoms with Crippen molar-refractivity contribution < 1.29 is 13.2 Å². The summed E-state index contributed by atoms with van der Waals surface area (Å²) in [6.07, 6.45) is 1.46. The molecule has 1 aliphatic rings. The van der Waals surface area contributed by atoms with E-state index in [4.69, 9.17) is 0 Å². The summed E-state index contributed by atoms with van der Waals surface area (Å²) < 4.78 is 25.3. The molecule has 1 amide bonds. The van der Waals surface area contributed by atoms with Gasteiger partial charge < -0.3 is 5.32 Å². The molecule has 1 heterocycles. The van der Waals surface area contributed by atoms with Gasteiger partial charge in [0.15, 0.2) is 0 Å². The Morgan fingerprint density at radius 3 is 2.76 bits per heavy atom. The van der Waals surface area contributed by atoms with E-state index in [0.29, 0.717) is 6.54 Å². The number of rotatable bonds is 4. The lowest BCUT2D eigenvalue weighted by Gasteiger charge is -2.31. The Bertz CT molecular complexity index is 613. The van der Waals surface area contributed by atoms with Crippen LogP contribution in [0, 0.1) is 12.8 Å². The number of anilines is 1. The summed E-state index contributed by atoms with van der Waals surface area (Å²) in [5.41, 5.74) is 1.79. The van der Waals surface area contributed by atoms with E-state index in [9.17, 15) is 13.2 Å². The number of carbonyl (C=O) groups is 1. The Kier molecular flexibility index (Phi) is 5.00. The molecule has 0 saturated carbocycles. The second-order valence-corrected chi connectivity index (χ2v) is 7.66. The molecular formula is C15H22N2O3S.